The number of carboxylic acids is 1. The van der Waals surface area contributed by atoms with Gasteiger partial charge in [-0.05, 0) is 52.8 Å². The van der Waals surface area contributed by atoms with Gasteiger partial charge in [0, 0.05) is 23.1 Å². The highest BCUT2D eigenvalue weighted by Crippen LogP contribution is 2.44. The third-order valence-corrected chi connectivity index (χ3v) is 6.83. The number of nitrogens with two attached hydrogens (primary N) is 1. The van der Waals surface area contributed by atoms with E-state index in [1.807, 2.05) is 36.4 Å². The van der Waals surface area contributed by atoms with Crippen LogP contribution in [0.5, 0.6) is 0 Å². The molecule has 198 valence electrons. The molecule has 0 unspecified atom stereocenters. The average Bonchev–Trinajstić information content (AvgIpc) is 3.20. The summed E-state index contributed by atoms with van der Waals surface area (Å²) >= 11 is 0. The van der Waals surface area contributed by atoms with Crippen LogP contribution in [0.1, 0.15) is 42.9 Å². The third-order valence-electron chi connectivity index (χ3n) is 6.83. The largest absolute Gasteiger partial charge is 0.480 e. The van der Waals surface area contributed by atoms with Gasteiger partial charge in [-0.25, -0.2) is 4.79 Å². The maximum atomic E-state index is 12.5. The molecule has 0 heterocycles. The van der Waals surface area contributed by atoms with E-state index in [-0.39, 0.29) is 24.5 Å². The number of amides is 2. The van der Waals surface area contributed by atoms with Crippen LogP contribution in [0.2, 0.25) is 0 Å². The molecule has 4 rings (SSSR count). The molecule has 0 bridgehead atoms. The van der Waals surface area contributed by atoms with Crippen molar-refractivity contribution >= 4 is 23.7 Å². The Morgan fingerprint density at radius 3 is 2.11 bits per heavy atom. The predicted octanol–water partition coefficient (Wildman–Crippen LogP) is 4.53. The fourth-order valence-corrected chi connectivity index (χ4v) is 4.99. The number of hydrogen-bond donors (Lipinski definition) is 4. The smallest absolute Gasteiger partial charge is 0.411 e. The lowest BCUT2D eigenvalue weighted by Gasteiger charge is -2.26. The van der Waals surface area contributed by atoms with E-state index in [2.05, 4.69) is 34.9 Å². The van der Waals surface area contributed by atoms with E-state index in [1.54, 1.807) is 26.0 Å². The van der Waals surface area contributed by atoms with Crippen molar-refractivity contribution < 1.29 is 24.2 Å². The van der Waals surface area contributed by atoms with Crippen molar-refractivity contribution in [3.05, 3.63) is 89.5 Å². The first-order valence-electron chi connectivity index (χ1n) is 12.6. The summed E-state index contributed by atoms with van der Waals surface area (Å²) in [6, 6.07) is 23.4. The predicted molar refractivity (Wildman–Crippen MR) is 146 cm³/mol. The van der Waals surface area contributed by atoms with Crippen LogP contribution in [0.25, 0.3) is 11.1 Å². The monoisotopic (exact) mass is 515 g/mol. The van der Waals surface area contributed by atoms with Gasteiger partial charge < -0.3 is 20.9 Å². The van der Waals surface area contributed by atoms with E-state index < -0.39 is 24.0 Å². The molecule has 2 amide bonds. The molecule has 0 spiro atoms. The summed E-state index contributed by atoms with van der Waals surface area (Å²) in [5.41, 5.74) is 11.7. The molecule has 0 aromatic heterocycles. The lowest BCUT2D eigenvalue weighted by molar-refractivity contribution is -0.139. The molecule has 5 N–H and O–H groups in total. The summed E-state index contributed by atoms with van der Waals surface area (Å²) in [6.07, 6.45) is 0.393. The number of nitrogens with one attached hydrogen (secondary N) is 2. The molecule has 8 nitrogen and oxygen atoms in total. The molecule has 38 heavy (non-hydrogen) atoms. The lowest BCUT2D eigenvalue weighted by Crippen LogP contribution is -2.43. The molecule has 0 aliphatic heterocycles. The summed E-state index contributed by atoms with van der Waals surface area (Å²) in [4.78, 5) is 35.5. The Hall–Kier alpha value is -4.17. The van der Waals surface area contributed by atoms with Gasteiger partial charge in [-0.3, -0.25) is 14.9 Å². The Balaban J connectivity index is 1.28. The molecule has 1 aliphatic rings. The normalized spacial score (nSPS) is 13.2. The summed E-state index contributed by atoms with van der Waals surface area (Å²) in [7, 11) is 0. The van der Waals surface area contributed by atoms with Crippen molar-refractivity contribution in [1.29, 1.82) is 0 Å². The van der Waals surface area contributed by atoms with Crippen LogP contribution in [0.4, 0.5) is 10.5 Å². The van der Waals surface area contributed by atoms with Crippen molar-refractivity contribution in [1.82, 2.24) is 5.32 Å². The summed E-state index contributed by atoms with van der Waals surface area (Å²) in [5, 5.41) is 13.9. The minimum atomic E-state index is -1.09. The highest BCUT2D eigenvalue weighted by Gasteiger charge is 2.30. The van der Waals surface area contributed by atoms with Crippen molar-refractivity contribution in [2.45, 2.75) is 38.6 Å². The Morgan fingerprint density at radius 2 is 1.53 bits per heavy atom. The molecular formula is C30H33N3O5. The van der Waals surface area contributed by atoms with Gasteiger partial charge >= 0.3 is 12.1 Å². The van der Waals surface area contributed by atoms with Crippen LogP contribution in [0.15, 0.2) is 72.8 Å². The summed E-state index contributed by atoms with van der Waals surface area (Å²) in [6.45, 7) is 3.30. The number of benzene rings is 3. The minimum Gasteiger partial charge on any atom is -0.480 e. The number of fused-ring (bicyclic) bond motifs is 3. The molecular weight excluding hydrogens is 482 g/mol. The Labute approximate surface area is 222 Å². The quantitative estimate of drug-likeness (QED) is 0.314. The number of ether oxygens (including phenoxy) is 1. The van der Waals surface area contributed by atoms with Crippen molar-refractivity contribution in [3.63, 3.8) is 0 Å². The van der Waals surface area contributed by atoms with Crippen molar-refractivity contribution in [2.24, 2.45) is 11.1 Å². The zero-order valence-electron chi connectivity index (χ0n) is 21.6. The zero-order valence-corrected chi connectivity index (χ0v) is 21.6. The Bertz CT molecular complexity index is 1270. The molecule has 0 radical (unpaired) electrons. The fraction of sp³-hybridized carbons (Fsp3) is 0.300. The van der Waals surface area contributed by atoms with Crippen LogP contribution in [-0.4, -0.2) is 42.3 Å². The molecule has 8 heteroatoms. The van der Waals surface area contributed by atoms with Gasteiger partial charge in [-0.15, -0.1) is 0 Å². The molecule has 1 atom stereocenters. The number of aliphatic carboxylic acids is 1. The van der Waals surface area contributed by atoms with E-state index in [0.29, 0.717) is 18.5 Å². The van der Waals surface area contributed by atoms with Crippen LogP contribution < -0.4 is 16.4 Å². The molecule has 0 fully saturated rings. The molecule has 3 aromatic carbocycles. The van der Waals surface area contributed by atoms with Gasteiger partial charge in [-0.1, -0.05) is 74.5 Å². The number of carbonyl (C=O) groups is 3. The van der Waals surface area contributed by atoms with E-state index in [0.717, 1.165) is 16.7 Å². The second-order valence-electron chi connectivity index (χ2n) is 10.3. The van der Waals surface area contributed by atoms with E-state index in [1.165, 1.54) is 11.1 Å². The van der Waals surface area contributed by atoms with E-state index in [9.17, 15) is 14.4 Å². The summed E-state index contributed by atoms with van der Waals surface area (Å²) in [5.74, 6) is -1.45. The second-order valence-corrected chi connectivity index (χ2v) is 10.3. The maximum Gasteiger partial charge on any atom is 0.411 e. The molecule has 0 saturated heterocycles. The number of anilines is 1. The van der Waals surface area contributed by atoms with Gasteiger partial charge in [0.05, 0.1) is 0 Å². The van der Waals surface area contributed by atoms with E-state index >= 15 is 0 Å². The van der Waals surface area contributed by atoms with E-state index in [4.69, 9.17) is 15.6 Å². The lowest BCUT2D eigenvalue weighted by atomic mass is 9.83. The zero-order chi connectivity index (χ0) is 27.3. The highest BCUT2D eigenvalue weighted by molar-refractivity contribution is 5.86. The van der Waals surface area contributed by atoms with Gasteiger partial charge in [-0.2, -0.15) is 0 Å². The van der Waals surface area contributed by atoms with Crippen LogP contribution in [-0.2, 0) is 20.7 Å². The highest BCUT2D eigenvalue weighted by atomic mass is 16.5. The van der Waals surface area contributed by atoms with Crippen LogP contribution in [0, 0.1) is 5.41 Å². The maximum absolute atomic E-state index is 12.5. The number of carboxylic acid groups (broad SMARTS) is 1. The standard InChI is InChI=1S/C30H33N3O5/c1-30(2,28(36)32-17-27(34)35)16-20(31)15-19-11-13-21(14-12-19)33-29(37)38-18-26-24-9-5-3-7-22(24)23-8-4-6-10-25(23)26/h3-14,20,26H,15-18,31H2,1-2H3,(H,32,36)(H,33,37)(H,34,35)/t20-/m0/s1. The van der Waals surface area contributed by atoms with Crippen LogP contribution >= 0.6 is 0 Å². The van der Waals surface area contributed by atoms with Gasteiger partial charge in [0.2, 0.25) is 5.91 Å². The molecule has 0 saturated carbocycles. The van der Waals surface area contributed by atoms with Crippen molar-refractivity contribution in [2.75, 3.05) is 18.5 Å². The van der Waals surface area contributed by atoms with Gasteiger partial charge in [0.25, 0.3) is 0 Å². The van der Waals surface area contributed by atoms with Gasteiger partial charge in [0.15, 0.2) is 0 Å². The van der Waals surface area contributed by atoms with Crippen molar-refractivity contribution in [3.8, 4) is 11.1 Å². The fourth-order valence-electron chi connectivity index (χ4n) is 4.99. The number of hydrogen-bond acceptors (Lipinski definition) is 5. The molecule has 3 aromatic rings. The Kier molecular flexibility index (Phi) is 8.12. The minimum absolute atomic E-state index is 0.00697. The number of carbonyl (C=O) groups excluding carboxylic acids is 2. The average molecular weight is 516 g/mol. The van der Waals surface area contributed by atoms with Gasteiger partial charge in [0.1, 0.15) is 13.2 Å². The number of rotatable bonds is 10. The third kappa shape index (κ3) is 6.39. The summed E-state index contributed by atoms with van der Waals surface area (Å²) < 4.78 is 5.61. The van der Waals surface area contributed by atoms with Crippen LogP contribution in [0.3, 0.4) is 0 Å². The second kappa shape index (κ2) is 11.5. The molecule has 1 aliphatic carbocycles. The Morgan fingerprint density at radius 1 is 0.947 bits per heavy atom. The first-order valence-corrected chi connectivity index (χ1v) is 12.6. The first-order chi connectivity index (χ1) is 18.1. The topological polar surface area (TPSA) is 131 Å². The SMILES string of the molecule is CC(C)(C[C@@H](N)Cc1ccc(NC(=O)OCC2c3ccccc3-c3ccccc32)cc1)C(=O)NCC(=O)O. The first kappa shape index (κ1) is 26.9.